The van der Waals surface area contributed by atoms with Gasteiger partial charge in [-0.2, -0.15) is 11.6 Å². The van der Waals surface area contributed by atoms with Crippen LogP contribution in [0, 0.1) is 12.5 Å². The van der Waals surface area contributed by atoms with Gasteiger partial charge in [-0.05, 0) is 19.2 Å². The van der Waals surface area contributed by atoms with Crippen LogP contribution in [0.25, 0.3) is 0 Å². The van der Waals surface area contributed by atoms with Gasteiger partial charge in [-0.25, -0.2) is 0 Å². The van der Waals surface area contributed by atoms with E-state index in [1.54, 1.807) is 0 Å². The van der Waals surface area contributed by atoms with Crippen LogP contribution in [0.4, 0.5) is 0 Å². The molecule has 3 rings (SSSR count). The van der Waals surface area contributed by atoms with Crippen LogP contribution in [-0.4, -0.2) is 4.90 Å². The molecule has 1 aromatic rings. The second-order valence-corrected chi connectivity index (χ2v) is 3.18. The van der Waals surface area contributed by atoms with E-state index in [1.807, 2.05) is 0 Å². The molecule has 0 amide bonds. The summed E-state index contributed by atoms with van der Waals surface area (Å²) in [5, 5.41) is 0. The average Bonchev–Trinajstić information content (AvgIpc) is 2.62. The van der Waals surface area contributed by atoms with Crippen LogP contribution in [0.1, 0.15) is 11.1 Å². The smallest absolute Gasteiger partial charge is 0.00965 e. The molecule has 2 aliphatic rings. The maximum atomic E-state index is 2.28. The van der Waals surface area contributed by atoms with E-state index in [0.717, 1.165) is 6.54 Å². The SMILES string of the molecule is [CH]1C=CN2Cc3ccccc3[C-]12. The van der Waals surface area contributed by atoms with E-state index in [-0.39, 0.29) is 0 Å². The maximum Gasteiger partial charge on any atom is -0.00965 e. The third-order valence-corrected chi connectivity index (χ3v) is 2.46. The third kappa shape index (κ3) is 0.658. The van der Waals surface area contributed by atoms with Crippen molar-refractivity contribution in [1.82, 2.24) is 4.90 Å². The highest BCUT2D eigenvalue weighted by Gasteiger charge is 2.20. The first-order valence-electron chi connectivity index (χ1n) is 4.18. The molecule has 1 heteroatoms. The fourth-order valence-corrected chi connectivity index (χ4v) is 1.89. The fraction of sp³-hybridized carbons (Fsp3) is 0.0909. The second-order valence-electron chi connectivity index (χ2n) is 3.18. The van der Waals surface area contributed by atoms with Crippen molar-refractivity contribution < 1.29 is 0 Å². The Labute approximate surface area is 72.3 Å². The zero-order valence-corrected chi connectivity index (χ0v) is 6.70. The Balaban J connectivity index is 2.12. The lowest BCUT2D eigenvalue weighted by Crippen LogP contribution is -2.10. The zero-order valence-electron chi connectivity index (χ0n) is 6.70. The van der Waals surface area contributed by atoms with Crippen molar-refractivity contribution in [2.45, 2.75) is 6.54 Å². The molecule has 12 heavy (non-hydrogen) atoms. The summed E-state index contributed by atoms with van der Waals surface area (Å²) in [6.07, 6.45) is 6.41. The Bertz CT molecular complexity index is 341. The Hall–Kier alpha value is -1.37. The Morgan fingerprint density at radius 3 is 3.17 bits per heavy atom. The standard InChI is InChI=1S/C11H9N/c1-2-5-10-9(4-1)8-12-7-3-6-11(10)12/h1-7H,8H2/q-1. The van der Waals surface area contributed by atoms with E-state index < -0.39 is 0 Å². The van der Waals surface area contributed by atoms with E-state index >= 15 is 0 Å². The van der Waals surface area contributed by atoms with Crippen molar-refractivity contribution in [1.29, 1.82) is 0 Å². The van der Waals surface area contributed by atoms with Gasteiger partial charge < -0.3 is 4.90 Å². The molecule has 1 radical (unpaired) electrons. The number of rotatable bonds is 0. The number of benzene rings is 1. The predicted molar refractivity (Wildman–Crippen MR) is 47.8 cm³/mol. The monoisotopic (exact) mass is 155 g/mol. The Kier molecular flexibility index (Phi) is 1.06. The molecular formula is C11H9N-. The van der Waals surface area contributed by atoms with Crippen LogP contribution in [0.2, 0.25) is 0 Å². The first kappa shape index (κ1) is 6.18. The lowest BCUT2D eigenvalue weighted by molar-refractivity contribution is 0.468. The van der Waals surface area contributed by atoms with Crippen LogP contribution in [-0.2, 0) is 6.54 Å². The van der Waals surface area contributed by atoms with Crippen molar-refractivity contribution in [2.24, 2.45) is 0 Å². The molecule has 0 unspecified atom stereocenters. The predicted octanol–water partition coefficient (Wildman–Crippen LogP) is 2.11. The van der Waals surface area contributed by atoms with E-state index in [1.165, 1.54) is 17.2 Å². The summed E-state index contributed by atoms with van der Waals surface area (Å²) < 4.78 is 0. The summed E-state index contributed by atoms with van der Waals surface area (Å²) in [6, 6.07) is 9.94. The summed E-state index contributed by atoms with van der Waals surface area (Å²) in [6.45, 7) is 1.04. The molecule has 0 saturated heterocycles. The molecule has 0 saturated carbocycles. The molecule has 1 nitrogen and oxygen atoms in total. The molecule has 2 aliphatic heterocycles. The number of nitrogens with zero attached hydrogens (tertiary/aromatic N) is 1. The minimum Gasteiger partial charge on any atom is -0.410 e. The van der Waals surface area contributed by atoms with Crippen molar-refractivity contribution >= 4 is 0 Å². The molecule has 0 aromatic heterocycles. The summed E-state index contributed by atoms with van der Waals surface area (Å²) >= 11 is 0. The molecule has 0 aliphatic carbocycles. The molecule has 59 valence electrons. The molecule has 2 heterocycles. The van der Waals surface area contributed by atoms with E-state index in [4.69, 9.17) is 0 Å². The van der Waals surface area contributed by atoms with Gasteiger partial charge in [-0.3, -0.25) is 0 Å². The van der Waals surface area contributed by atoms with Gasteiger partial charge >= 0.3 is 0 Å². The van der Waals surface area contributed by atoms with Gasteiger partial charge in [-0.1, -0.05) is 18.2 Å². The molecule has 0 atom stereocenters. The van der Waals surface area contributed by atoms with E-state index in [0.29, 0.717) is 0 Å². The molecular weight excluding hydrogens is 146 g/mol. The van der Waals surface area contributed by atoms with Crippen LogP contribution in [0.15, 0.2) is 36.5 Å². The summed E-state index contributed by atoms with van der Waals surface area (Å²) in [7, 11) is 0. The third-order valence-electron chi connectivity index (χ3n) is 2.46. The molecule has 1 aromatic carbocycles. The first-order valence-corrected chi connectivity index (χ1v) is 4.18. The fourth-order valence-electron chi connectivity index (χ4n) is 1.89. The highest BCUT2D eigenvalue weighted by atomic mass is 15.2. The minimum absolute atomic E-state index is 1.04. The van der Waals surface area contributed by atoms with E-state index in [2.05, 4.69) is 47.9 Å². The Morgan fingerprint density at radius 2 is 2.17 bits per heavy atom. The van der Waals surface area contributed by atoms with Crippen LogP contribution in [0.3, 0.4) is 0 Å². The summed E-state index contributed by atoms with van der Waals surface area (Å²) in [4.78, 5) is 2.28. The molecule has 0 fully saturated rings. The average molecular weight is 155 g/mol. The van der Waals surface area contributed by atoms with Crippen molar-refractivity contribution in [3.05, 3.63) is 60.1 Å². The topological polar surface area (TPSA) is 3.24 Å². The van der Waals surface area contributed by atoms with Gasteiger partial charge in [0, 0.05) is 0 Å². The molecule has 0 bridgehead atoms. The number of hydrogen-bond acceptors (Lipinski definition) is 1. The van der Waals surface area contributed by atoms with Crippen molar-refractivity contribution in [2.75, 3.05) is 0 Å². The highest BCUT2D eigenvalue weighted by molar-refractivity contribution is 5.50. The summed E-state index contributed by atoms with van der Waals surface area (Å²) in [5.74, 6) is 0. The van der Waals surface area contributed by atoms with Crippen LogP contribution >= 0.6 is 0 Å². The lowest BCUT2D eigenvalue weighted by Gasteiger charge is -2.23. The first-order chi connectivity index (χ1) is 5.95. The maximum absolute atomic E-state index is 2.28. The quantitative estimate of drug-likeness (QED) is 0.519. The van der Waals surface area contributed by atoms with Gasteiger partial charge in [-0.15, -0.1) is 17.7 Å². The van der Waals surface area contributed by atoms with Gasteiger partial charge in [0.25, 0.3) is 0 Å². The van der Waals surface area contributed by atoms with Crippen LogP contribution < -0.4 is 0 Å². The highest BCUT2D eigenvalue weighted by Crippen LogP contribution is 2.37. The zero-order chi connectivity index (χ0) is 7.97. The number of fused-ring (bicyclic) bond motifs is 3. The van der Waals surface area contributed by atoms with Crippen molar-refractivity contribution in [3.8, 4) is 0 Å². The largest absolute Gasteiger partial charge is 0.410 e. The van der Waals surface area contributed by atoms with Crippen molar-refractivity contribution in [3.63, 3.8) is 0 Å². The molecule has 0 N–H and O–H groups in total. The van der Waals surface area contributed by atoms with Gasteiger partial charge in [0.2, 0.25) is 0 Å². The van der Waals surface area contributed by atoms with Crippen LogP contribution in [0.5, 0.6) is 0 Å². The van der Waals surface area contributed by atoms with E-state index in [9.17, 15) is 0 Å². The van der Waals surface area contributed by atoms with Gasteiger partial charge in [0.05, 0.1) is 0 Å². The lowest BCUT2D eigenvalue weighted by atomic mass is 10.0. The minimum atomic E-state index is 1.04. The van der Waals surface area contributed by atoms with Gasteiger partial charge in [0.1, 0.15) is 0 Å². The van der Waals surface area contributed by atoms with Gasteiger partial charge in [0.15, 0.2) is 0 Å². The Morgan fingerprint density at radius 1 is 1.25 bits per heavy atom. The second kappa shape index (κ2) is 2.07. The number of hydrogen-bond donors (Lipinski definition) is 0. The summed E-state index contributed by atoms with van der Waals surface area (Å²) in [5.41, 5.74) is 2.83. The normalized spacial score (nSPS) is 18.3. The molecule has 0 spiro atoms.